The summed E-state index contributed by atoms with van der Waals surface area (Å²) in [5.41, 5.74) is 1.77. The fourth-order valence-electron chi connectivity index (χ4n) is 1.66. The highest BCUT2D eigenvalue weighted by atomic mass is 32.2. The second kappa shape index (κ2) is 4.03. The van der Waals surface area contributed by atoms with E-state index in [0.717, 1.165) is 23.2 Å². The van der Waals surface area contributed by atoms with Crippen molar-refractivity contribution in [2.24, 2.45) is 0 Å². The molecule has 2 nitrogen and oxygen atoms in total. The lowest BCUT2D eigenvalue weighted by molar-refractivity contribution is -0.104. The number of rotatable bonds is 2. The molecule has 78 valence electrons. The molecule has 0 saturated carbocycles. The Morgan fingerprint density at radius 3 is 2.87 bits per heavy atom. The van der Waals surface area contributed by atoms with Crippen LogP contribution in [0.2, 0.25) is 0 Å². The van der Waals surface area contributed by atoms with Crippen molar-refractivity contribution in [2.45, 2.75) is 4.90 Å². The number of carbonyl (C=O) groups is 1. The predicted molar refractivity (Wildman–Crippen MR) is 64.9 cm³/mol. The van der Waals surface area contributed by atoms with Gasteiger partial charge in [0.05, 0.1) is 7.11 Å². The molecule has 15 heavy (non-hydrogen) atoms. The van der Waals surface area contributed by atoms with Crippen LogP contribution >= 0.6 is 10.5 Å². The molecule has 1 heterocycles. The summed E-state index contributed by atoms with van der Waals surface area (Å²) in [6.45, 7) is 0. The highest BCUT2D eigenvalue weighted by molar-refractivity contribution is 8.14. The molecular weight excluding hydrogens is 208 g/mol. The summed E-state index contributed by atoms with van der Waals surface area (Å²) in [7, 11) is 1.64. The minimum Gasteiger partial charge on any atom is -0.496 e. The summed E-state index contributed by atoms with van der Waals surface area (Å²) in [6, 6.07) is 5.98. The second-order valence-corrected chi connectivity index (χ2v) is 5.10. The molecule has 0 radical (unpaired) electrons. The Bertz CT molecular complexity index is 473. The molecule has 0 saturated heterocycles. The predicted octanol–water partition coefficient (Wildman–Crippen LogP) is 2.35. The molecular formula is C12H12O2S. The minimum absolute atomic E-state index is 0.0115. The molecule has 0 fully saturated rings. The Kier molecular flexibility index (Phi) is 2.73. The van der Waals surface area contributed by atoms with Gasteiger partial charge in [0.25, 0.3) is 0 Å². The summed E-state index contributed by atoms with van der Waals surface area (Å²) >= 11 is 0. The van der Waals surface area contributed by atoms with Crippen molar-refractivity contribution in [1.29, 1.82) is 0 Å². The third-order valence-electron chi connectivity index (χ3n) is 2.35. The molecule has 0 aliphatic carbocycles. The van der Waals surface area contributed by atoms with Crippen LogP contribution in [-0.4, -0.2) is 25.0 Å². The molecule has 0 aromatic heterocycles. The summed E-state index contributed by atoms with van der Waals surface area (Å²) in [5, 5.41) is 1.99. The average Bonchev–Trinajstić information content (AvgIpc) is 2.28. The smallest absolute Gasteiger partial charge is 0.150 e. The van der Waals surface area contributed by atoms with E-state index < -0.39 is 0 Å². The van der Waals surface area contributed by atoms with Crippen LogP contribution in [0.25, 0.3) is 6.08 Å². The van der Waals surface area contributed by atoms with Gasteiger partial charge < -0.3 is 4.74 Å². The van der Waals surface area contributed by atoms with Crippen LogP contribution in [0.1, 0.15) is 5.56 Å². The number of carbonyl (C=O) groups excluding carboxylic acids is 1. The largest absolute Gasteiger partial charge is 0.496 e. The molecule has 1 aromatic carbocycles. The van der Waals surface area contributed by atoms with E-state index in [1.807, 2.05) is 23.6 Å². The Hall–Kier alpha value is -1.35. The molecule has 1 aliphatic heterocycles. The van der Waals surface area contributed by atoms with E-state index in [1.54, 1.807) is 7.11 Å². The Balaban J connectivity index is 2.67. The molecule has 0 N–H and O–H groups in total. The van der Waals surface area contributed by atoms with Crippen LogP contribution in [0.15, 0.2) is 28.7 Å². The van der Waals surface area contributed by atoms with E-state index in [9.17, 15) is 4.79 Å². The van der Waals surface area contributed by atoms with Crippen molar-refractivity contribution in [1.82, 2.24) is 0 Å². The fraction of sp³-hybridized carbons (Fsp3) is 0.167. The highest BCUT2D eigenvalue weighted by Crippen LogP contribution is 2.37. The first-order chi connectivity index (χ1) is 7.26. The zero-order valence-corrected chi connectivity index (χ0v) is 9.51. The van der Waals surface area contributed by atoms with Gasteiger partial charge >= 0.3 is 0 Å². The maximum atomic E-state index is 10.8. The first kappa shape index (κ1) is 10.2. The Morgan fingerprint density at radius 1 is 1.40 bits per heavy atom. The molecule has 0 amide bonds. The van der Waals surface area contributed by atoms with Crippen LogP contribution in [0, 0.1) is 0 Å². The standard InChI is InChI=1S/C12H12O2S/c1-14-11-4-3-5-12-10(11)6-9(7-13)8-15(12)2/h3-8H,1-2H3. The molecule has 0 spiro atoms. The van der Waals surface area contributed by atoms with E-state index in [-0.39, 0.29) is 10.5 Å². The molecule has 0 bridgehead atoms. The summed E-state index contributed by atoms with van der Waals surface area (Å²) < 4.78 is 5.28. The Morgan fingerprint density at radius 2 is 2.20 bits per heavy atom. The third-order valence-corrected chi connectivity index (χ3v) is 4.03. The van der Waals surface area contributed by atoms with Gasteiger partial charge in [-0.3, -0.25) is 4.79 Å². The van der Waals surface area contributed by atoms with Gasteiger partial charge in [-0.05, 0) is 29.8 Å². The van der Waals surface area contributed by atoms with Crippen molar-refractivity contribution in [3.05, 3.63) is 29.3 Å². The third kappa shape index (κ3) is 1.75. The lowest BCUT2D eigenvalue weighted by atomic mass is 10.1. The normalized spacial score (nSPS) is 18.5. The van der Waals surface area contributed by atoms with Crippen molar-refractivity contribution < 1.29 is 9.53 Å². The van der Waals surface area contributed by atoms with Gasteiger partial charge in [-0.15, -0.1) is 0 Å². The van der Waals surface area contributed by atoms with Gasteiger partial charge in [0, 0.05) is 16.0 Å². The lowest BCUT2D eigenvalue weighted by Crippen LogP contribution is -1.98. The van der Waals surface area contributed by atoms with Gasteiger partial charge in [-0.2, -0.15) is 10.5 Å². The summed E-state index contributed by atoms with van der Waals surface area (Å²) in [6.07, 6.45) is 4.88. The molecule has 1 aromatic rings. The van der Waals surface area contributed by atoms with Crippen LogP contribution in [0.4, 0.5) is 0 Å². The number of hydrogen-bond acceptors (Lipinski definition) is 2. The zero-order chi connectivity index (χ0) is 10.8. The van der Waals surface area contributed by atoms with Crippen molar-refractivity contribution >= 4 is 28.2 Å². The van der Waals surface area contributed by atoms with Crippen molar-refractivity contribution in [2.75, 3.05) is 13.4 Å². The van der Waals surface area contributed by atoms with Crippen molar-refractivity contribution in [3.8, 4) is 5.75 Å². The number of allylic oxidation sites excluding steroid dienone is 1. The van der Waals surface area contributed by atoms with Gasteiger partial charge in [0.1, 0.15) is 5.75 Å². The lowest BCUT2D eigenvalue weighted by Gasteiger charge is -2.16. The van der Waals surface area contributed by atoms with Gasteiger partial charge in [0.2, 0.25) is 0 Å². The highest BCUT2D eigenvalue weighted by Gasteiger charge is 2.12. The van der Waals surface area contributed by atoms with Crippen molar-refractivity contribution in [3.63, 3.8) is 0 Å². The summed E-state index contributed by atoms with van der Waals surface area (Å²) in [4.78, 5) is 12.0. The Labute approximate surface area is 91.5 Å². The maximum absolute atomic E-state index is 10.8. The summed E-state index contributed by atoms with van der Waals surface area (Å²) in [5.74, 6) is 0.833. The topological polar surface area (TPSA) is 26.3 Å². The van der Waals surface area contributed by atoms with Crippen LogP contribution in [-0.2, 0) is 4.79 Å². The van der Waals surface area contributed by atoms with Crippen LogP contribution in [0.5, 0.6) is 5.75 Å². The number of methoxy groups -OCH3 is 1. The minimum atomic E-state index is -0.0115. The van der Waals surface area contributed by atoms with E-state index >= 15 is 0 Å². The monoisotopic (exact) mass is 220 g/mol. The molecule has 2 rings (SSSR count). The van der Waals surface area contributed by atoms with Gasteiger partial charge in [0.15, 0.2) is 6.29 Å². The molecule has 1 atom stereocenters. The van der Waals surface area contributed by atoms with E-state index in [0.29, 0.717) is 0 Å². The number of aldehydes is 1. The van der Waals surface area contributed by atoms with E-state index in [2.05, 4.69) is 12.3 Å². The number of ether oxygens (including phenoxy) is 1. The number of benzene rings is 1. The fourth-order valence-corrected chi connectivity index (χ4v) is 3.11. The van der Waals surface area contributed by atoms with Crippen LogP contribution < -0.4 is 4.74 Å². The van der Waals surface area contributed by atoms with Gasteiger partial charge in [-0.1, -0.05) is 6.07 Å². The van der Waals surface area contributed by atoms with Crippen LogP contribution in [0.3, 0.4) is 0 Å². The maximum Gasteiger partial charge on any atom is 0.150 e. The average molecular weight is 220 g/mol. The quantitative estimate of drug-likeness (QED) is 0.565. The SMILES string of the molecule is COc1cccc2c1C=C(C=O)C=S2C. The molecule has 1 unspecified atom stereocenters. The van der Waals surface area contributed by atoms with E-state index in [4.69, 9.17) is 4.74 Å². The van der Waals surface area contributed by atoms with Gasteiger partial charge in [-0.25, -0.2) is 0 Å². The second-order valence-electron chi connectivity index (χ2n) is 3.31. The zero-order valence-electron chi connectivity index (χ0n) is 8.69. The number of fused-ring (bicyclic) bond motifs is 1. The van der Waals surface area contributed by atoms with E-state index in [1.165, 1.54) is 4.90 Å². The molecule has 3 heteroatoms. The first-order valence-electron chi connectivity index (χ1n) is 4.59. The molecule has 1 aliphatic rings. The number of hydrogen-bond donors (Lipinski definition) is 0. The first-order valence-corrected chi connectivity index (χ1v) is 6.29.